The summed E-state index contributed by atoms with van der Waals surface area (Å²) in [5.74, 6) is 1.53. The van der Waals surface area contributed by atoms with Gasteiger partial charge in [-0.1, -0.05) is 32.9 Å². The van der Waals surface area contributed by atoms with E-state index in [0.29, 0.717) is 5.92 Å². The number of aryl methyl sites for hydroxylation is 2. The van der Waals surface area contributed by atoms with Crippen molar-refractivity contribution in [2.45, 2.75) is 34.1 Å². The summed E-state index contributed by atoms with van der Waals surface area (Å²) in [6, 6.07) is 8.66. The first-order chi connectivity index (χ1) is 9.10. The molecule has 0 aliphatic rings. The fraction of sp³-hybridized carbons (Fsp3) is 0.438. The third-order valence-corrected chi connectivity index (χ3v) is 3.12. The second kappa shape index (κ2) is 5.91. The van der Waals surface area contributed by atoms with Gasteiger partial charge in [0.25, 0.3) is 0 Å². The molecular formula is C16H23N3. The minimum absolute atomic E-state index is 0.605. The van der Waals surface area contributed by atoms with Gasteiger partial charge in [0.05, 0.1) is 5.69 Å². The molecule has 0 atom stereocenters. The summed E-state index contributed by atoms with van der Waals surface area (Å²) >= 11 is 0. The molecule has 2 aromatic rings. The lowest BCUT2D eigenvalue weighted by Gasteiger charge is -2.11. The van der Waals surface area contributed by atoms with E-state index in [2.05, 4.69) is 66.1 Å². The quantitative estimate of drug-likeness (QED) is 0.882. The molecule has 1 heterocycles. The number of aromatic nitrogens is 2. The van der Waals surface area contributed by atoms with Crippen molar-refractivity contribution in [2.75, 3.05) is 11.9 Å². The molecule has 1 N–H and O–H groups in total. The number of nitrogens with one attached hydrogen (secondary N) is 1. The predicted molar refractivity (Wildman–Crippen MR) is 81.0 cm³/mol. The van der Waals surface area contributed by atoms with Gasteiger partial charge in [-0.15, -0.1) is 0 Å². The first-order valence-electron chi connectivity index (χ1n) is 6.99. The van der Waals surface area contributed by atoms with Gasteiger partial charge in [0.2, 0.25) is 5.95 Å². The average molecular weight is 257 g/mol. The van der Waals surface area contributed by atoms with Gasteiger partial charge < -0.3 is 5.32 Å². The van der Waals surface area contributed by atoms with Gasteiger partial charge in [-0.05, 0) is 37.0 Å². The van der Waals surface area contributed by atoms with E-state index in [0.717, 1.165) is 30.3 Å². The molecule has 0 spiro atoms. The van der Waals surface area contributed by atoms with Gasteiger partial charge in [0, 0.05) is 18.4 Å². The molecule has 0 unspecified atom stereocenters. The van der Waals surface area contributed by atoms with Gasteiger partial charge in [-0.2, -0.15) is 0 Å². The highest BCUT2D eigenvalue weighted by atomic mass is 15.2. The molecule has 0 radical (unpaired) electrons. The minimum atomic E-state index is 0.605. The van der Waals surface area contributed by atoms with Crippen molar-refractivity contribution in [2.24, 2.45) is 5.92 Å². The van der Waals surface area contributed by atoms with Crippen LogP contribution in [0.3, 0.4) is 0 Å². The highest BCUT2D eigenvalue weighted by molar-refractivity contribution is 5.44. The smallest absolute Gasteiger partial charge is 0.207 e. The van der Waals surface area contributed by atoms with Crippen LogP contribution in [0.5, 0.6) is 0 Å². The molecule has 1 aromatic carbocycles. The van der Waals surface area contributed by atoms with Crippen molar-refractivity contribution in [1.82, 2.24) is 9.55 Å². The van der Waals surface area contributed by atoms with E-state index in [1.165, 1.54) is 5.56 Å². The van der Waals surface area contributed by atoms with Crippen LogP contribution >= 0.6 is 0 Å². The van der Waals surface area contributed by atoms with Gasteiger partial charge in [0.15, 0.2) is 0 Å². The summed E-state index contributed by atoms with van der Waals surface area (Å²) in [4.78, 5) is 4.55. The van der Waals surface area contributed by atoms with Crippen LogP contribution in [0.4, 0.5) is 5.95 Å². The molecule has 1 aromatic heterocycles. The average Bonchev–Trinajstić information content (AvgIpc) is 2.78. The van der Waals surface area contributed by atoms with Gasteiger partial charge in [0.1, 0.15) is 0 Å². The highest BCUT2D eigenvalue weighted by Gasteiger charge is 2.07. The van der Waals surface area contributed by atoms with Crippen LogP contribution in [-0.4, -0.2) is 16.1 Å². The zero-order valence-electron chi connectivity index (χ0n) is 12.3. The van der Waals surface area contributed by atoms with E-state index in [-0.39, 0.29) is 0 Å². The summed E-state index contributed by atoms with van der Waals surface area (Å²) in [5.41, 5.74) is 3.55. The number of rotatable bonds is 5. The number of anilines is 1. The first-order valence-corrected chi connectivity index (χ1v) is 6.99. The molecule has 0 amide bonds. The molecule has 0 saturated heterocycles. The Balaban J connectivity index is 2.27. The summed E-state index contributed by atoms with van der Waals surface area (Å²) in [6.45, 7) is 9.53. The second-order valence-corrected chi connectivity index (χ2v) is 5.37. The van der Waals surface area contributed by atoms with Gasteiger partial charge >= 0.3 is 0 Å². The SMILES string of the molecule is CCc1ccc(-n2cc(C)nc2NCC(C)C)cc1. The van der Waals surface area contributed by atoms with Crippen molar-refractivity contribution in [3.63, 3.8) is 0 Å². The maximum absolute atomic E-state index is 4.55. The molecule has 0 fully saturated rings. The topological polar surface area (TPSA) is 29.9 Å². The van der Waals surface area contributed by atoms with E-state index in [1.54, 1.807) is 0 Å². The van der Waals surface area contributed by atoms with E-state index >= 15 is 0 Å². The zero-order chi connectivity index (χ0) is 13.8. The van der Waals surface area contributed by atoms with Crippen molar-refractivity contribution < 1.29 is 0 Å². The third-order valence-electron chi connectivity index (χ3n) is 3.12. The molecule has 3 heteroatoms. The Morgan fingerprint density at radius 3 is 2.47 bits per heavy atom. The lowest BCUT2D eigenvalue weighted by Crippen LogP contribution is -2.12. The third kappa shape index (κ3) is 3.37. The number of hydrogen-bond acceptors (Lipinski definition) is 2. The Labute approximate surface area is 115 Å². The maximum atomic E-state index is 4.55. The van der Waals surface area contributed by atoms with E-state index in [4.69, 9.17) is 0 Å². The van der Waals surface area contributed by atoms with E-state index < -0.39 is 0 Å². The Kier molecular flexibility index (Phi) is 4.25. The fourth-order valence-electron chi connectivity index (χ4n) is 2.01. The standard InChI is InChI=1S/C16H23N3/c1-5-14-6-8-15(9-7-14)19-11-13(4)18-16(19)17-10-12(2)3/h6-9,11-12H,5,10H2,1-4H3,(H,17,18). The Morgan fingerprint density at radius 2 is 1.89 bits per heavy atom. The van der Waals surface area contributed by atoms with Crippen molar-refractivity contribution >= 4 is 5.95 Å². The Bertz CT molecular complexity index is 523. The lowest BCUT2D eigenvalue weighted by atomic mass is 10.1. The molecule has 102 valence electrons. The van der Waals surface area contributed by atoms with Crippen LogP contribution < -0.4 is 5.32 Å². The predicted octanol–water partition coefficient (Wildman–Crippen LogP) is 3.81. The van der Waals surface area contributed by atoms with Gasteiger partial charge in [-0.3, -0.25) is 4.57 Å². The minimum Gasteiger partial charge on any atom is -0.355 e. The molecule has 0 saturated carbocycles. The number of benzene rings is 1. The van der Waals surface area contributed by atoms with E-state index in [1.807, 2.05) is 6.92 Å². The summed E-state index contributed by atoms with van der Waals surface area (Å²) in [7, 11) is 0. The monoisotopic (exact) mass is 257 g/mol. The van der Waals surface area contributed by atoms with Crippen LogP contribution in [0.25, 0.3) is 5.69 Å². The number of nitrogens with zero attached hydrogens (tertiary/aromatic N) is 2. The molecular weight excluding hydrogens is 234 g/mol. The molecule has 0 aliphatic carbocycles. The largest absolute Gasteiger partial charge is 0.355 e. The number of hydrogen-bond donors (Lipinski definition) is 1. The second-order valence-electron chi connectivity index (χ2n) is 5.37. The molecule has 3 nitrogen and oxygen atoms in total. The molecule has 2 rings (SSSR count). The summed E-state index contributed by atoms with van der Waals surface area (Å²) in [6.07, 6.45) is 3.14. The highest BCUT2D eigenvalue weighted by Crippen LogP contribution is 2.17. The molecule has 19 heavy (non-hydrogen) atoms. The normalized spacial score (nSPS) is 11.0. The van der Waals surface area contributed by atoms with Crippen LogP contribution in [0.1, 0.15) is 32.0 Å². The summed E-state index contributed by atoms with van der Waals surface area (Å²) in [5, 5.41) is 3.41. The Morgan fingerprint density at radius 1 is 1.21 bits per heavy atom. The number of imidazole rings is 1. The van der Waals surface area contributed by atoms with Crippen LogP contribution in [0.2, 0.25) is 0 Å². The lowest BCUT2D eigenvalue weighted by molar-refractivity contribution is 0.683. The zero-order valence-corrected chi connectivity index (χ0v) is 12.3. The molecule has 0 bridgehead atoms. The van der Waals surface area contributed by atoms with Gasteiger partial charge in [-0.25, -0.2) is 4.98 Å². The van der Waals surface area contributed by atoms with Crippen molar-refractivity contribution in [1.29, 1.82) is 0 Å². The van der Waals surface area contributed by atoms with Crippen molar-refractivity contribution in [3.8, 4) is 5.69 Å². The summed E-state index contributed by atoms with van der Waals surface area (Å²) < 4.78 is 2.12. The first kappa shape index (κ1) is 13.7. The van der Waals surface area contributed by atoms with Crippen LogP contribution in [-0.2, 0) is 6.42 Å². The fourth-order valence-corrected chi connectivity index (χ4v) is 2.01. The Hall–Kier alpha value is -1.77. The van der Waals surface area contributed by atoms with Crippen molar-refractivity contribution in [3.05, 3.63) is 41.7 Å². The van der Waals surface area contributed by atoms with E-state index in [9.17, 15) is 0 Å². The van der Waals surface area contributed by atoms with Crippen LogP contribution in [0, 0.1) is 12.8 Å². The maximum Gasteiger partial charge on any atom is 0.207 e. The van der Waals surface area contributed by atoms with Crippen LogP contribution in [0.15, 0.2) is 30.5 Å². The molecule has 0 aliphatic heterocycles.